The Morgan fingerprint density at radius 3 is 2.45 bits per heavy atom. The number of alkyl halides is 3. The van der Waals surface area contributed by atoms with Crippen molar-refractivity contribution >= 4 is 23.4 Å². The SMILES string of the molecule is CN(CC(F)C(O)C(F)F)c1nnc(-c2cc(Cl)ccc2F)cc1C(=O)OC(C)(C)C. The molecule has 1 aromatic carbocycles. The van der Waals surface area contributed by atoms with Crippen LogP contribution in [0.1, 0.15) is 31.1 Å². The van der Waals surface area contributed by atoms with E-state index in [4.69, 9.17) is 16.3 Å². The second-order valence-corrected chi connectivity index (χ2v) is 8.25. The zero-order valence-electron chi connectivity index (χ0n) is 17.2. The van der Waals surface area contributed by atoms with E-state index < -0.39 is 42.6 Å². The summed E-state index contributed by atoms with van der Waals surface area (Å²) in [5, 5.41) is 17.2. The number of hydrogen-bond acceptors (Lipinski definition) is 6. The zero-order valence-corrected chi connectivity index (χ0v) is 18.0. The molecule has 0 bridgehead atoms. The Morgan fingerprint density at radius 1 is 1.23 bits per heavy atom. The molecule has 2 atom stereocenters. The maximum Gasteiger partial charge on any atom is 0.342 e. The fourth-order valence-electron chi connectivity index (χ4n) is 2.59. The van der Waals surface area contributed by atoms with Crippen LogP contribution in [-0.2, 0) is 4.74 Å². The van der Waals surface area contributed by atoms with Crippen LogP contribution in [0.25, 0.3) is 11.3 Å². The summed E-state index contributed by atoms with van der Waals surface area (Å²) in [6.07, 6.45) is -8.13. The van der Waals surface area contributed by atoms with Gasteiger partial charge in [0.05, 0.1) is 12.2 Å². The van der Waals surface area contributed by atoms with Crippen molar-refractivity contribution in [1.82, 2.24) is 10.2 Å². The van der Waals surface area contributed by atoms with Crippen molar-refractivity contribution in [3.8, 4) is 11.3 Å². The quantitative estimate of drug-likeness (QED) is 0.487. The molecule has 0 saturated heterocycles. The number of benzene rings is 1. The van der Waals surface area contributed by atoms with Gasteiger partial charge in [-0.25, -0.2) is 22.4 Å². The molecule has 1 aromatic heterocycles. The highest BCUT2D eigenvalue weighted by molar-refractivity contribution is 6.30. The van der Waals surface area contributed by atoms with E-state index in [1.165, 1.54) is 25.2 Å². The lowest BCUT2D eigenvalue weighted by Gasteiger charge is -2.25. The van der Waals surface area contributed by atoms with Crippen LogP contribution in [0.3, 0.4) is 0 Å². The van der Waals surface area contributed by atoms with E-state index in [0.29, 0.717) is 0 Å². The van der Waals surface area contributed by atoms with Gasteiger partial charge in [0.15, 0.2) is 5.82 Å². The molecular formula is C20H22ClF4N3O3. The minimum absolute atomic E-state index is 0.0319. The number of hydrogen-bond donors (Lipinski definition) is 1. The van der Waals surface area contributed by atoms with Crippen LogP contribution in [0.5, 0.6) is 0 Å². The standard InChI is InChI=1S/C20H22ClF4N3O3/c1-20(2,3)31-19(30)12-8-15(11-7-10(21)5-6-13(11)22)26-27-18(12)28(4)9-14(23)16(29)17(24)25/h5-8,14,16-17,29H,9H2,1-4H3. The second kappa shape index (κ2) is 9.78. The lowest BCUT2D eigenvalue weighted by Crippen LogP contribution is -2.39. The minimum atomic E-state index is -3.28. The van der Waals surface area contributed by atoms with E-state index in [2.05, 4.69) is 10.2 Å². The van der Waals surface area contributed by atoms with Gasteiger partial charge in [-0.05, 0) is 45.0 Å². The Hall–Kier alpha value is -2.46. The lowest BCUT2D eigenvalue weighted by atomic mass is 10.1. The topological polar surface area (TPSA) is 75.5 Å². The molecule has 1 N–H and O–H groups in total. The Balaban J connectivity index is 2.49. The number of anilines is 1. The number of aromatic nitrogens is 2. The van der Waals surface area contributed by atoms with E-state index in [0.717, 1.165) is 11.0 Å². The molecule has 2 rings (SSSR count). The number of halogens is 5. The van der Waals surface area contributed by atoms with Gasteiger partial charge in [-0.1, -0.05) is 11.6 Å². The van der Waals surface area contributed by atoms with Crippen molar-refractivity contribution in [2.45, 2.75) is 45.1 Å². The number of carbonyl (C=O) groups is 1. The highest BCUT2D eigenvalue weighted by atomic mass is 35.5. The maximum absolute atomic E-state index is 14.3. The Bertz CT molecular complexity index is 940. The van der Waals surface area contributed by atoms with Gasteiger partial charge in [-0.3, -0.25) is 0 Å². The number of carbonyl (C=O) groups excluding carboxylic acids is 1. The summed E-state index contributed by atoms with van der Waals surface area (Å²) in [4.78, 5) is 13.8. The molecule has 1 heterocycles. The molecule has 31 heavy (non-hydrogen) atoms. The van der Waals surface area contributed by atoms with E-state index in [1.807, 2.05) is 0 Å². The molecule has 0 saturated carbocycles. The Kier molecular flexibility index (Phi) is 7.82. The normalized spacial score (nSPS) is 13.8. The number of esters is 1. The van der Waals surface area contributed by atoms with Gasteiger partial charge in [-0.15, -0.1) is 10.2 Å². The highest BCUT2D eigenvalue weighted by Gasteiger charge is 2.31. The van der Waals surface area contributed by atoms with Crippen molar-refractivity contribution in [3.63, 3.8) is 0 Å². The third-order valence-corrected chi connectivity index (χ3v) is 4.27. The fraction of sp³-hybridized carbons (Fsp3) is 0.450. The molecule has 0 aliphatic heterocycles. The summed E-state index contributed by atoms with van der Waals surface area (Å²) in [5.74, 6) is -1.72. The van der Waals surface area contributed by atoms with Crippen molar-refractivity contribution in [3.05, 3.63) is 40.7 Å². The van der Waals surface area contributed by atoms with Gasteiger partial charge in [0.1, 0.15) is 29.3 Å². The van der Waals surface area contributed by atoms with E-state index in [9.17, 15) is 27.5 Å². The predicted molar refractivity (Wildman–Crippen MR) is 108 cm³/mol. The van der Waals surface area contributed by atoms with Crippen LogP contribution in [0.2, 0.25) is 5.02 Å². The molecule has 0 aliphatic carbocycles. The first-order valence-electron chi connectivity index (χ1n) is 9.18. The van der Waals surface area contributed by atoms with Crippen LogP contribution in [-0.4, -0.2) is 59.2 Å². The third kappa shape index (κ3) is 6.51. The van der Waals surface area contributed by atoms with Crippen LogP contribution in [0.15, 0.2) is 24.3 Å². The summed E-state index contributed by atoms with van der Waals surface area (Å²) in [6, 6.07) is 4.94. The molecule has 0 aliphatic rings. The van der Waals surface area contributed by atoms with Gasteiger partial charge in [-0.2, -0.15) is 0 Å². The predicted octanol–water partition coefficient (Wildman–Crippen LogP) is 4.29. The van der Waals surface area contributed by atoms with Gasteiger partial charge in [0.2, 0.25) is 0 Å². The molecule has 11 heteroatoms. The highest BCUT2D eigenvalue weighted by Crippen LogP contribution is 2.29. The number of aliphatic hydroxyl groups excluding tert-OH is 1. The maximum atomic E-state index is 14.3. The van der Waals surface area contributed by atoms with Gasteiger partial charge >= 0.3 is 5.97 Å². The molecule has 6 nitrogen and oxygen atoms in total. The molecule has 0 amide bonds. The molecular weight excluding hydrogens is 442 g/mol. The van der Waals surface area contributed by atoms with Gasteiger partial charge in [0, 0.05) is 17.6 Å². The van der Waals surface area contributed by atoms with Crippen molar-refractivity contribution in [2.75, 3.05) is 18.5 Å². The lowest BCUT2D eigenvalue weighted by molar-refractivity contribution is -0.0459. The van der Waals surface area contributed by atoms with Crippen molar-refractivity contribution in [1.29, 1.82) is 0 Å². The Labute approximate surface area is 181 Å². The van der Waals surface area contributed by atoms with Crippen molar-refractivity contribution in [2.24, 2.45) is 0 Å². The number of aliphatic hydroxyl groups is 1. The first kappa shape index (κ1) is 24.8. The van der Waals surface area contributed by atoms with Crippen molar-refractivity contribution < 1.29 is 32.2 Å². The van der Waals surface area contributed by atoms with Gasteiger partial charge < -0.3 is 14.7 Å². The number of ether oxygens (including phenoxy) is 1. The zero-order chi connectivity index (χ0) is 23.5. The number of nitrogens with zero attached hydrogens (tertiary/aromatic N) is 3. The first-order valence-corrected chi connectivity index (χ1v) is 9.56. The molecule has 2 aromatic rings. The summed E-state index contributed by atoms with van der Waals surface area (Å²) in [6.45, 7) is 4.16. The van der Waals surface area contributed by atoms with Crippen LogP contribution >= 0.6 is 11.6 Å². The summed E-state index contributed by atoms with van der Waals surface area (Å²) >= 11 is 5.91. The molecule has 2 unspecified atom stereocenters. The largest absolute Gasteiger partial charge is 0.456 e. The molecule has 0 spiro atoms. The van der Waals surface area contributed by atoms with Crippen LogP contribution < -0.4 is 4.90 Å². The summed E-state index contributed by atoms with van der Waals surface area (Å²) < 4.78 is 58.8. The van der Waals surface area contributed by atoms with Gasteiger partial charge in [0.25, 0.3) is 6.43 Å². The fourth-order valence-corrected chi connectivity index (χ4v) is 2.76. The molecule has 0 radical (unpaired) electrons. The summed E-state index contributed by atoms with van der Waals surface area (Å²) in [5.41, 5.74) is -1.16. The monoisotopic (exact) mass is 463 g/mol. The second-order valence-electron chi connectivity index (χ2n) is 7.81. The van der Waals surface area contributed by atoms with Crippen LogP contribution in [0.4, 0.5) is 23.4 Å². The van der Waals surface area contributed by atoms with E-state index in [-0.39, 0.29) is 27.7 Å². The Morgan fingerprint density at radius 2 is 1.87 bits per heavy atom. The van der Waals surface area contributed by atoms with E-state index in [1.54, 1.807) is 20.8 Å². The third-order valence-electron chi connectivity index (χ3n) is 4.04. The molecule has 170 valence electrons. The first-order chi connectivity index (χ1) is 14.3. The average Bonchev–Trinajstić information content (AvgIpc) is 2.67. The smallest absolute Gasteiger partial charge is 0.342 e. The number of rotatable bonds is 7. The summed E-state index contributed by atoms with van der Waals surface area (Å²) in [7, 11) is 1.28. The van der Waals surface area contributed by atoms with Crippen LogP contribution in [0, 0.1) is 5.82 Å². The van der Waals surface area contributed by atoms with E-state index >= 15 is 0 Å². The molecule has 0 fully saturated rings. The average molecular weight is 464 g/mol. The minimum Gasteiger partial charge on any atom is -0.456 e.